The second-order valence-corrected chi connectivity index (χ2v) is 21.3. The molecule has 0 aliphatic carbocycles. The van der Waals surface area contributed by atoms with Crippen molar-refractivity contribution < 1.29 is 71.6 Å². The molecular formula is C72H82N4O11Zn. The van der Waals surface area contributed by atoms with Crippen LogP contribution < -0.4 is 38.4 Å². The molecule has 9 heterocycles. The van der Waals surface area contributed by atoms with Crippen LogP contribution in [0.4, 0.5) is 0 Å². The molecule has 15 nitrogen and oxygen atoms in total. The van der Waals surface area contributed by atoms with Crippen LogP contribution in [0.2, 0.25) is 0 Å². The number of hydrogen-bond donors (Lipinski definition) is 0. The summed E-state index contributed by atoms with van der Waals surface area (Å²) < 4.78 is 66.4. The number of nitrogens with zero attached hydrogens (tertiary/aromatic N) is 4. The molecule has 16 heteroatoms. The third-order valence-corrected chi connectivity index (χ3v) is 16.0. The van der Waals surface area contributed by atoms with Crippen molar-refractivity contribution in [1.82, 2.24) is 19.9 Å². The van der Waals surface area contributed by atoms with E-state index in [1.807, 2.05) is 72.8 Å². The van der Waals surface area contributed by atoms with E-state index in [1.54, 1.807) is 0 Å². The van der Waals surface area contributed by atoms with Gasteiger partial charge in [0, 0.05) is 11.1 Å². The Balaban J connectivity index is 0.00000922. The molecule has 0 fully saturated rings. The first kappa shape index (κ1) is 65.2. The molecule has 6 aliphatic heterocycles. The van der Waals surface area contributed by atoms with Gasteiger partial charge in [-0.1, -0.05) is 98.5 Å². The van der Waals surface area contributed by atoms with Crippen molar-refractivity contribution in [2.24, 2.45) is 0 Å². The fraction of sp³-hybridized carbons (Fsp3) is 0.389. The average molecular weight is 1240 g/mol. The summed E-state index contributed by atoms with van der Waals surface area (Å²) in [5.41, 5.74) is 19.6. The standard InChI is InChI=1S/C72H82N4O11.Zn/c1-9-55-47(5)69-67-59-17-13-15-19-65(59)86-43-37-80-35-41-84-53-25-21-51(22-26-53)82-39-33-78-31-29-77-30-32-79-34-40-83-52-23-27-54(28-24-52)85-42-36-81-38-44-87-66-20-16-14-18-60(66)68(71-48(6)56(10-2)62(74-71)45-61(55)73-69)72-50(8)58(12-4)64(76-72)46-63-57(11-3)49(7)70(67)75-63;/h13-28,45-46H,9-12,29-44H2,1-8H3;/q-2;+2. The van der Waals surface area contributed by atoms with Gasteiger partial charge in [-0.2, -0.15) is 0 Å². The van der Waals surface area contributed by atoms with Crippen LogP contribution in [-0.2, 0) is 56.0 Å². The van der Waals surface area contributed by atoms with Gasteiger partial charge in [-0.3, -0.25) is 0 Å². The van der Waals surface area contributed by atoms with Gasteiger partial charge in [0.2, 0.25) is 0 Å². The first-order valence-electron chi connectivity index (χ1n) is 30.8. The summed E-state index contributed by atoms with van der Waals surface area (Å²) in [6.07, 6.45) is 3.06. The molecule has 0 saturated heterocycles. The zero-order valence-electron chi connectivity index (χ0n) is 52.5. The van der Waals surface area contributed by atoms with Crippen LogP contribution in [0.25, 0.3) is 66.6 Å². The van der Waals surface area contributed by atoms with Gasteiger partial charge < -0.3 is 62.1 Å². The molecule has 0 radical (unpaired) electrons. The molecule has 4 aromatic carbocycles. The number of aromatic nitrogens is 4. The summed E-state index contributed by atoms with van der Waals surface area (Å²) >= 11 is 0. The van der Waals surface area contributed by atoms with Crippen molar-refractivity contribution in [3.8, 4) is 56.8 Å². The molecule has 0 saturated carbocycles. The first-order valence-corrected chi connectivity index (χ1v) is 30.8. The summed E-state index contributed by atoms with van der Waals surface area (Å²) in [6, 6.07) is 35.9. The van der Waals surface area contributed by atoms with Gasteiger partial charge >= 0.3 is 19.5 Å². The Bertz CT molecular complexity index is 3460. The fourth-order valence-corrected chi connectivity index (χ4v) is 11.6. The van der Waals surface area contributed by atoms with Crippen LogP contribution in [0.5, 0.6) is 34.5 Å². The molecule has 14 bridgehead atoms. The topological polar surface area (TPSA) is 156 Å². The SMILES string of the molecule is CCC1=C(C)c2nc1cc1[n-]c(c(C)c1CC)c1c3nc(cc4[n-]c(c(C)c4CC)c2-c2ccccc2OCCOCCOc2ccc(cc2)OCCOCCOCCOCCOc2ccc(cc2)OCCOCCOc2ccccc2-1)C(CC)=C3C.[Zn+2]. The van der Waals surface area contributed by atoms with E-state index < -0.39 is 0 Å². The van der Waals surface area contributed by atoms with E-state index in [-0.39, 0.29) is 19.5 Å². The first-order chi connectivity index (χ1) is 42.7. The van der Waals surface area contributed by atoms with Crippen molar-refractivity contribution in [2.45, 2.75) is 81.1 Å². The van der Waals surface area contributed by atoms with Crippen LogP contribution in [0.15, 0.2) is 109 Å². The maximum absolute atomic E-state index is 6.68. The molecule has 0 amide bonds. The third kappa shape index (κ3) is 15.6. The molecule has 6 aliphatic rings. The molecule has 0 unspecified atom stereocenters. The van der Waals surface area contributed by atoms with E-state index in [0.717, 1.165) is 160 Å². The predicted molar refractivity (Wildman–Crippen MR) is 344 cm³/mol. The molecule has 13 rings (SSSR count). The van der Waals surface area contributed by atoms with Crippen LogP contribution >= 0.6 is 0 Å². The zero-order chi connectivity index (χ0) is 60.5. The summed E-state index contributed by atoms with van der Waals surface area (Å²) in [4.78, 5) is 22.6. The Labute approximate surface area is 530 Å². The molecule has 0 spiro atoms. The summed E-state index contributed by atoms with van der Waals surface area (Å²) in [6.45, 7) is 24.0. The smallest absolute Gasteiger partial charge is 0.657 e. The molecule has 7 aromatic rings. The van der Waals surface area contributed by atoms with E-state index in [4.69, 9.17) is 72.0 Å². The zero-order valence-corrected chi connectivity index (χ0v) is 55.5. The molecule has 458 valence electrons. The van der Waals surface area contributed by atoms with Crippen molar-refractivity contribution in [3.63, 3.8) is 0 Å². The van der Waals surface area contributed by atoms with Gasteiger partial charge in [-0.15, -0.1) is 22.1 Å². The number of benzene rings is 4. The van der Waals surface area contributed by atoms with E-state index in [2.05, 4.69) is 91.8 Å². The fourth-order valence-electron chi connectivity index (χ4n) is 11.6. The minimum Gasteiger partial charge on any atom is -0.657 e. The molecular weight excluding hydrogens is 1160 g/mol. The summed E-state index contributed by atoms with van der Waals surface area (Å²) in [5.74, 6) is 4.34. The maximum Gasteiger partial charge on any atom is 2.00 e. The largest absolute Gasteiger partial charge is 2.00 e. The monoisotopic (exact) mass is 1240 g/mol. The molecule has 88 heavy (non-hydrogen) atoms. The second-order valence-electron chi connectivity index (χ2n) is 21.3. The van der Waals surface area contributed by atoms with E-state index in [9.17, 15) is 0 Å². The summed E-state index contributed by atoms with van der Waals surface area (Å²) in [7, 11) is 0. The minimum absolute atomic E-state index is 0. The van der Waals surface area contributed by atoms with Crippen LogP contribution in [0.3, 0.4) is 0 Å². The number of fused-ring (bicyclic) bond motifs is 2. The Morgan fingerprint density at radius 2 is 0.659 bits per heavy atom. The Morgan fingerprint density at radius 1 is 0.364 bits per heavy atom. The van der Waals surface area contributed by atoms with Gasteiger partial charge in [0.15, 0.2) is 0 Å². The van der Waals surface area contributed by atoms with Gasteiger partial charge in [0.25, 0.3) is 0 Å². The second kappa shape index (κ2) is 32.3. The molecule has 0 atom stereocenters. The van der Waals surface area contributed by atoms with Crippen molar-refractivity contribution in [2.75, 3.05) is 106 Å². The van der Waals surface area contributed by atoms with Crippen LogP contribution in [0, 0.1) is 13.8 Å². The van der Waals surface area contributed by atoms with Crippen molar-refractivity contribution in [3.05, 3.63) is 154 Å². The van der Waals surface area contributed by atoms with E-state index in [1.165, 1.54) is 0 Å². The Morgan fingerprint density at radius 3 is 0.966 bits per heavy atom. The van der Waals surface area contributed by atoms with Crippen molar-refractivity contribution >= 4 is 44.4 Å². The van der Waals surface area contributed by atoms with E-state index >= 15 is 0 Å². The van der Waals surface area contributed by atoms with Gasteiger partial charge in [0.05, 0.1) is 88.8 Å². The minimum atomic E-state index is 0. The summed E-state index contributed by atoms with van der Waals surface area (Å²) in [5, 5.41) is 0. The predicted octanol–water partition coefficient (Wildman–Crippen LogP) is 14.1. The quantitative estimate of drug-likeness (QED) is 0.153. The van der Waals surface area contributed by atoms with Crippen molar-refractivity contribution in [1.29, 1.82) is 0 Å². The number of allylic oxidation sites excluding steroid dienone is 4. The van der Waals surface area contributed by atoms with E-state index in [0.29, 0.717) is 117 Å². The number of para-hydroxylation sites is 2. The van der Waals surface area contributed by atoms with Gasteiger partial charge in [-0.05, 0) is 147 Å². The van der Waals surface area contributed by atoms with Gasteiger partial charge in [0.1, 0.15) is 74.1 Å². The Hall–Kier alpha value is -7.30. The molecule has 3 aromatic heterocycles. The Kier molecular flexibility index (Phi) is 23.9. The van der Waals surface area contributed by atoms with Crippen LogP contribution in [0.1, 0.15) is 99.4 Å². The normalized spacial score (nSPS) is 15.8. The number of aryl methyl sites for hydroxylation is 4. The van der Waals surface area contributed by atoms with Gasteiger partial charge in [-0.25, -0.2) is 9.97 Å². The molecule has 0 N–H and O–H groups in total. The third-order valence-electron chi connectivity index (χ3n) is 16.0. The van der Waals surface area contributed by atoms with Crippen LogP contribution in [-0.4, -0.2) is 116 Å². The number of ether oxygens (including phenoxy) is 11. The average Bonchev–Trinajstić information content (AvgIpc) is 3.33. The number of rotatable bonds is 4. The number of hydrogen-bond acceptors (Lipinski definition) is 13. The maximum atomic E-state index is 6.68.